The van der Waals surface area contributed by atoms with Gasteiger partial charge in [-0.15, -0.1) is 0 Å². The predicted octanol–water partition coefficient (Wildman–Crippen LogP) is 3.53. The molecule has 1 aliphatic heterocycles. The average Bonchev–Trinajstić information content (AvgIpc) is 3.14. The number of carbonyl (C=O) groups excluding carboxylic acids is 1. The van der Waals surface area contributed by atoms with Crippen molar-refractivity contribution in [3.8, 4) is 5.75 Å². The molecule has 0 radical (unpaired) electrons. The third kappa shape index (κ3) is 2.17. The van der Waals surface area contributed by atoms with Crippen LogP contribution < -0.4 is 4.74 Å². The maximum atomic E-state index is 12.0. The highest BCUT2D eigenvalue weighted by Gasteiger charge is 2.25. The van der Waals surface area contributed by atoms with E-state index in [2.05, 4.69) is 0 Å². The summed E-state index contributed by atoms with van der Waals surface area (Å²) in [5.41, 5.74) is 1.63. The number of para-hydroxylation sites is 1. The lowest BCUT2D eigenvalue weighted by Gasteiger charge is -2.08. The van der Waals surface area contributed by atoms with E-state index in [0.29, 0.717) is 19.0 Å². The van der Waals surface area contributed by atoms with E-state index < -0.39 is 0 Å². The zero-order valence-corrected chi connectivity index (χ0v) is 11.4. The Morgan fingerprint density at radius 2 is 1.95 bits per heavy atom. The summed E-state index contributed by atoms with van der Waals surface area (Å²) in [6, 6.07) is 13.3. The summed E-state index contributed by atoms with van der Waals surface area (Å²) in [7, 11) is 0. The Morgan fingerprint density at radius 1 is 1.10 bits per heavy atom. The van der Waals surface area contributed by atoms with Gasteiger partial charge in [-0.25, -0.2) is 0 Å². The fraction of sp³-hybridized carbons (Fsp3) is 0.235. The molecule has 21 heavy (non-hydrogen) atoms. The number of benzene rings is 2. The first kappa shape index (κ1) is 12.4. The molecule has 3 aromatic rings. The number of ether oxygens (including phenoxy) is 2. The molecule has 1 atom stereocenters. The quantitative estimate of drug-likeness (QED) is 0.533. The smallest absolute Gasteiger partial charge is 0.316 e. The van der Waals surface area contributed by atoms with Crippen LogP contribution in [0.3, 0.4) is 0 Å². The number of esters is 1. The number of carbonyl (C=O) groups is 1. The molecule has 0 amide bonds. The first-order valence-electron chi connectivity index (χ1n) is 7.02. The molecule has 106 valence electrons. The lowest BCUT2D eigenvalue weighted by molar-refractivity contribution is -0.138. The van der Waals surface area contributed by atoms with Gasteiger partial charge in [-0.1, -0.05) is 18.2 Å². The van der Waals surface area contributed by atoms with E-state index in [1.165, 1.54) is 0 Å². The summed E-state index contributed by atoms with van der Waals surface area (Å²) in [5, 5.41) is 1.98. The molecule has 1 unspecified atom stereocenters. The van der Waals surface area contributed by atoms with E-state index >= 15 is 0 Å². The van der Waals surface area contributed by atoms with Crippen molar-refractivity contribution < 1.29 is 18.7 Å². The molecule has 0 saturated carbocycles. The topological polar surface area (TPSA) is 48.7 Å². The van der Waals surface area contributed by atoms with Crippen molar-refractivity contribution in [3.63, 3.8) is 0 Å². The van der Waals surface area contributed by atoms with Gasteiger partial charge in [0.1, 0.15) is 16.9 Å². The Bertz CT molecular complexity index is 812. The third-order valence-electron chi connectivity index (χ3n) is 3.83. The van der Waals surface area contributed by atoms with Crippen LogP contribution in [-0.2, 0) is 9.53 Å². The summed E-state index contributed by atoms with van der Waals surface area (Å²) in [5.74, 6) is 0.174. The van der Waals surface area contributed by atoms with Crippen LogP contribution in [-0.4, -0.2) is 19.2 Å². The highest BCUT2D eigenvalue weighted by Crippen LogP contribution is 2.31. The molecular weight excluding hydrogens is 268 g/mol. The molecule has 0 bridgehead atoms. The predicted molar refractivity (Wildman–Crippen MR) is 78.3 cm³/mol. The lowest BCUT2D eigenvalue weighted by Crippen LogP contribution is -2.20. The molecule has 1 fully saturated rings. The Balaban J connectivity index is 1.69. The van der Waals surface area contributed by atoms with Crippen LogP contribution in [0.1, 0.15) is 6.42 Å². The minimum atomic E-state index is -0.223. The van der Waals surface area contributed by atoms with Crippen LogP contribution in [0.15, 0.2) is 46.9 Å². The minimum Gasteiger partial charge on any atom is -0.456 e. The first-order chi connectivity index (χ1) is 10.3. The SMILES string of the molecule is O=C(Oc1ccc2oc3ccccc3c2c1)C1CCOC1. The molecule has 2 aromatic carbocycles. The van der Waals surface area contributed by atoms with Crippen LogP contribution in [0.5, 0.6) is 5.75 Å². The van der Waals surface area contributed by atoms with Crippen molar-refractivity contribution in [2.45, 2.75) is 6.42 Å². The number of hydrogen-bond donors (Lipinski definition) is 0. The third-order valence-corrected chi connectivity index (χ3v) is 3.83. The Kier molecular flexibility index (Phi) is 2.89. The molecule has 0 aliphatic carbocycles. The van der Waals surface area contributed by atoms with Gasteiger partial charge in [0.05, 0.1) is 12.5 Å². The minimum absolute atomic E-state index is 0.151. The monoisotopic (exact) mass is 282 g/mol. The van der Waals surface area contributed by atoms with E-state index in [1.807, 2.05) is 36.4 Å². The highest BCUT2D eigenvalue weighted by molar-refractivity contribution is 6.05. The van der Waals surface area contributed by atoms with E-state index in [-0.39, 0.29) is 11.9 Å². The number of furan rings is 1. The van der Waals surface area contributed by atoms with Gasteiger partial charge in [0.15, 0.2) is 0 Å². The molecule has 1 aromatic heterocycles. The van der Waals surface area contributed by atoms with Crippen LogP contribution in [0.4, 0.5) is 0 Å². The van der Waals surface area contributed by atoms with E-state index in [9.17, 15) is 4.79 Å². The Morgan fingerprint density at radius 3 is 2.81 bits per heavy atom. The van der Waals surface area contributed by atoms with Gasteiger partial charge in [0.25, 0.3) is 0 Å². The molecule has 0 N–H and O–H groups in total. The molecule has 4 rings (SSSR count). The summed E-state index contributed by atoms with van der Waals surface area (Å²) in [4.78, 5) is 12.0. The second kappa shape index (κ2) is 4.90. The van der Waals surface area contributed by atoms with Gasteiger partial charge in [-0.3, -0.25) is 4.79 Å². The molecule has 1 aliphatic rings. The van der Waals surface area contributed by atoms with Crippen molar-refractivity contribution in [2.24, 2.45) is 5.92 Å². The van der Waals surface area contributed by atoms with E-state index in [0.717, 1.165) is 28.4 Å². The number of rotatable bonds is 2. The Labute approximate surface area is 121 Å². The molecular formula is C17H14O4. The number of fused-ring (bicyclic) bond motifs is 3. The van der Waals surface area contributed by atoms with Gasteiger partial charge in [0, 0.05) is 17.4 Å². The lowest BCUT2D eigenvalue weighted by atomic mass is 10.1. The molecule has 0 spiro atoms. The van der Waals surface area contributed by atoms with Crippen molar-refractivity contribution in [2.75, 3.05) is 13.2 Å². The van der Waals surface area contributed by atoms with Crippen molar-refractivity contribution >= 4 is 27.9 Å². The van der Waals surface area contributed by atoms with Crippen LogP contribution in [0.2, 0.25) is 0 Å². The zero-order chi connectivity index (χ0) is 14.2. The molecule has 4 heteroatoms. The van der Waals surface area contributed by atoms with Crippen molar-refractivity contribution in [1.29, 1.82) is 0 Å². The maximum absolute atomic E-state index is 12.0. The van der Waals surface area contributed by atoms with Gasteiger partial charge in [-0.2, -0.15) is 0 Å². The maximum Gasteiger partial charge on any atom is 0.316 e. The Hall–Kier alpha value is -2.33. The molecule has 2 heterocycles. The zero-order valence-electron chi connectivity index (χ0n) is 11.4. The largest absolute Gasteiger partial charge is 0.456 e. The number of hydrogen-bond acceptors (Lipinski definition) is 4. The average molecular weight is 282 g/mol. The molecule has 4 nitrogen and oxygen atoms in total. The summed E-state index contributed by atoms with van der Waals surface area (Å²) >= 11 is 0. The van der Waals surface area contributed by atoms with Gasteiger partial charge in [0.2, 0.25) is 0 Å². The van der Waals surface area contributed by atoms with E-state index in [4.69, 9.17) is 13.9 Å². The fourth-order valence-electron chi connectivity index (χ4n) is 2.69. The normalized spacial score (nSPS) is 18.4. The fourth-order valence-corrected chi connectivity index (χ4v) is 2.69. The second-order valence-electron chi connectivity index (χ2n) is 5.24. The summed E-state index contributed by atoms with van der Waals surface area (Å²) in [6.07, 6.45) is 0.732. The van der Waals surface area contributed by atoms with Crippen LogP contribution in [0.25, 0.3) is 21.9 Å². The van der Waals surface area contributed by atoms with Crippen molar-refractivity contribution in [1.82, 2.24) is 0 Å². The van der Waals surface area contributed by atoms with Crippen molar-refractivity contribution in [3.05, 3.63) is 42.5 Å². The van der Waals surface area contributed by atoms with Gasteiger partial charge < -0.3 is 13.9 Å². The first-order valence-corrected chi connectivity index (χ1v) is 7.02. The van der Waals surface area contributed by atoms with E-state index in [1.54, 1.807) is 6.07 Å². The molecule has 1 saturated heterocycles. The highest BCUT2D eigenvalue weighted by atomic mass is 16.5. The van der Waals surface area contributed by atoms with Gasteiger partial charge in [-0.05, 0) is 30.7 Å². The standard InChI is InChI=1S/C17H14O4/c18-17(11-7-8-19-10-11)20-12-5-6-16-14(9-12)13-3-1-2-4-15(13)21-16/h1-6,9,11H,7-8,10H2. The van der Waals surface area contributed by atoms with Crippen LogP contribution >= 0.6 is 0 Å². The van der Waals surface area contributed by atoms with Gasteiger partial charge >= 0.3 is 5.97 Å². The summed E-state index contributed by atoms with van der Waals surface area (Å²) in [6.45, 7) is 1.08. The summed E-state index contributed by atoms with van der Waals surface area (Å²) < 4.78 is 16.4. The van der Waals surface area contributed by atoms with Crippen LogP contribution in [0, 0.1) is 5.92 Å². The second-order valence-corrected chi connectivity index (χ2v) is 5.24.